The molecule has 0 radical (unpaired) electrons. The van der Waals surface area contributed by atoms with Crippen LogP contribution in [0.3, 0.4) is 0 Å². The van der Waals surface area contributed by atoms with E-state index in [-0.39, 0.29) is 24.3 Å². The van der Waals surface area contributed by atoms with Gasteiger partial charge in [-0.1, -0.05) is 6.92 Å². The van der Waals surface area contributed by atoms with Gasteiger partial charge in [-0.25, -0.2) is 4.79 Å². The predicted molar refractivity (Wildman–Crippen MR) is 77.7 cm³/mol. The molecule has 0 aromatic rings. The molecule has 1 heterocycles. The molecule has 0 aromatic heterocycles. The van der Waals surface area contributed by atoms with Crippen LogP contribution in [0.25, 0.3) is 0 Å². The maximum Gasteiger partial charge on any atom is 0.410 e. The molecule has 0 bridgehead atoms. The first kappa shape index (κ1) is 17.8. The van der Waals surface area contributed by atoms with Gasteiger partial charge in [-0.3, -0.25) is 4.79 Å². The van der Waals surface area contributed by atoms with Gasteiger partial charge in [0.25, 0.3) is 0 Å². The molecule has 1 amide bonds. The number of ether oxygens (including phenoxy) is 2. The van der Waals surface area contributed by atoms with Crippen LogP contribution < -0.4 is 0 Å². The highest BCUT2D eigenvalue weighted by Gasteiger charge is 2.35. The Kier molecular flexibility index (Phi) is 6.01. The van der Waals surface area contributed by atoms with E-state index in [1.165, 1.54) is 7.11 Å². The fourth-order valence-corrected chi connectivity index (χ4v) is 2.63. The van der Waals surface area contributed by atoms with Crippen molar-refractivity contribution < 1.29 is 24.2 Å². The molecule has 1 saturated heterocycles. The zero-order valence-corrected chi connectivity index (χ0v) is 13.6. The Morgan fingerprint density at radius 2 is 2.00 bits per heavy atom. The van der Waals surface area contributed by atoms with Gasteiger partial charge in [-0.15, -0.1) is 0 Å². The van der Waals surface area contributed by atoms with Crippen LogP contribution in [-0.2, 0) is 14.3 Å². The molecule has 6 nitrogen and oxygen atoms in total. The van der Waals surface area contributed by atoms with Crippen molar-refractivity contribution in [3.05, 3.63) is 0 Å². The Morgan fingerprint density at radius 3 is 2.48 bits per heavy atom. The summed E-state index contributed by atoms with van der Waals surface area (Å²) in [6.07, 6.45) is -0.403. The molecule has 1 fully saturated rings. The molecule has 1 N–H and O–H groups in total. The predicted octanol–water partition coefficient (Wildman–Crippen LogP) is 1.80. The lowest BCUT2D eigenvalue weighted by atomic mass is 9.82. The largest absolute Gasteiger partial charge is 0.469 e. The Hall–Kier alpha value is -1.30. The van der Waals surface area contributed by atoms with Crippen LogP contribution in [0.2, 0.25) is 0 Å². The van der Waals surface area contributed by atoms with Crippen molar-refractivity contribution in [2.75, 3.05) is 20.2 Å². The Morgan fingerprint density at radius 1 is 1.38 bits per heavy atom. The summed E-state index contributed by atoms with van der Waals surface area (Å²) in [5.41, 5.74) is -0.512. The minimum Gasteiger partial charge on any atom is -0.469 e. The Bertz CT molecular complexity index is 377. The van der Waals surface area contributed by atoms with Gasteiger partial charge in [0.15, 0.2) is 0 Å². The van der Waals surface area contributed by atoms with E-state index >= 15 is 0 Å². The number of hydrogen-bond acceptors (Lipinski definition) is 5. The highest BCUT2D eigenvalue weighted by molar-refractivity contribution is 5.70. The molecule has 0 saturated carbocycles. The van der Waals surface area contributed by atoms with E-state index in [0.717, 1.165) is 0 Å². The van der Waals surface area contributed by atoms with Crippen LogP contribution >= 0.6 is 0 Å². The lowest BCUT2D eigenvalue weighted by molar-refractivity contribution is -0.144. The van der Waals surface area contributed by atoms with Crippen LogP contribution in [0.5, 0.6) is 0 Å². The van der Waals surface area contributed by atoms with Crippen LogP contribution in [0.4, 0.5) is 4.79 Å². The third-order valence-electron chi connectivity index (χ3n) is 3.72. The SMILES string of the molecule is COC(=O)CC(O)C1CCN(C(=O)OC(C)(C)C)CC1C. The number of aliphatic hydroxyl groups excluding tert-OH is 1. The second-order valence-corrected chi connectivity index (χ2v) is 6.70. The Balaban J connectivity index is 2.54. The first-order valence-corrected chi connectivity index (χ1v) is 7.37. The van der Waals surface area contributed by atoms with Crippen molar-refractivity contribution in [1.82, 2.24) is 4.90 Å². The van der Waals surface area contributed by atoms with Crippen LogP contribution in [0.15, 0.2) is 0 Å². The summed E-state index contributed by atoms with van der Waals surface area (Å²) in [7, 11) is 1.31. The van der Waals surface area contributed by atoms with Crippen LogP contribution in [0, 0.1) is 11.8 Å². The van der Waals surface area contributed by atoms with Gasteiger partial charge in [-0.2, -0.15) is 0 Å². The van der Waals surface area contributed by atoms with Crippen LogP contribution in [0.1, 0.15) is 40.5 Å². The van der Waals surface area contributed by atoms with E-state index in [0.29, 0.717) is 19.5 Å². The summed E-state index contributed by atoms with van der Waals surface area (Å²) in [5.74, 6) is -0.321. The van der Waals surface area contributed by atoms with E-state index in [2.05, 4.69) is 4.74 Å². The zero-order valence-electron chi connectivity index (χ0n) is 13.6. The third kappa shape index (κ3) is 5.53. The standard InChI is InChI=1S/C15H27NO5/c1-10-9-16(14(19)21-15(2,3)4)7-6-11(10)12(17)8-13(18)20-5/h10-12,17H,6-9H2,1-5H3. The van der Waals surface area contributed by atoms with Crippen molar-refractivity contribution in [3.63, 3.8) is 0 Å². The highest BCUT2D eigenvalue weighted by atomic mass is 16.6. The topological polar surface area (TPSA) is 76.1 Å². The monoisotopic (exact) mass is 301 g/mol. The molecule has 1 aliphatic rings. The Labute approximate surface area is 126 Å². The molecule has 1 aliphatic heterocycles. The molecule has 6 heteroatoms. The summed E-state index contributed by atoms with van der Waals surface area (Å²) in [4.78, 5) is 24.9. The number of nitrogens with zero attached hydrogens (tertiary/aromatic N) is 1. The molecular formula is C15H27NO5. The van der Waals surface area contributed by atoms with E-state index in [1.807, 2.05) is 27.7 Å². The van der Waals surface area contributed by atoms with Gasteiger partial charge in [-0.05, 0) is 39.0 Å². The second kappa shape index (κ2) is 7.11. The zero-order chi connectivity index (χ0) is 16.2. The van der Waals surface area contributed by atoms with Gasteiger partial charge in [0.1, 0.15) is 5.60 Å². The van der Waals surface area contributed by atoms with Crippen molar-refractivity contribution in [2.45, 2.75) is 52.2 Å². The van der Waals surface area contributed by atoms with Crippen molar-refractivity contribution in [1.29, 1.82) is 0 Å². The number of amides is 1. The quantitative estimate of drug-likeness (QED) is 0.804. The smallest absolute Gasteiger partial charge is 0.410 e. The number of rotatable bonds is 3. The van der Waals surface area contributed by atoms with Crippen molar-refractivity contribution >= 4 is 12.1 Å². The molecule has 122 valence electrons. The van der Waals surface area contributed by atoms with Gasteiger partial charge >= 0.3 is 12.1 Å². The first-order valence-electron chi connectivity index (χ1n) is 7.37. The van der Waals surface area contributed by atoms with Gasteiger partial charge in [0.2, 0.25) is 0 Å². The van der Waals surface area contributed by atoms with Crippen molar-refractivity contribution in [2.24, 2.45) is 11.8 Å². The fourth-order valence-electron chi connectivity index (χ4n) is 2.63. The number of piperidine rings is 1. The summed E-state index contributed by atoms with van der Waals surface area (Å²) in [5, 5.41) is 10.1. The molecule has 3 atom stereocenters. The van der Waals surface area contributed by atoms with E-state index < -0.39 is 17.7 Å². The maximum absolute atomic E-state index is 12.0. The number of carbonyl (C=O) groups is 2. The van der Waals surface area contributed by atoms with E-state index in [9.17, 15) is 14.7 Å². The average molecular weight is 301 g/mol. The van der Waals surface area contributed by atoms with Gasteiger partial charge in [0.05, 0.1) is 19.6 Å². The molecule has 3 unspecified atom stereocenters. The van der Waals surface area contributed by atoms with E-state index in [1.54, 1.807) is 4.90 Å². The lowest BCUT2D eigenvalue weighted by Gasteiger charge is -2.39. The number of carbonyl (C=O) groups excluding carboxylic acids is 2. The van der Waals surface area contributed by atoms with Crippen molar-refractivity contribution in [3.8, 4) is 0 Å². The van der Waals surface area contributed by atoms with Crippen LogP contribution in [-0.4, -0.2) is 54.0 Å². The normalized spacial score (nSPS) is 24.4. The molecule has 0 aromatic carbocycles. The van der Waals surface area contributed by atoms with E-state index in [4.69, 9.17) is 4.74 Å². The summed E-state index contributed by atoms with van der Waals surface area (Å²) >= 11 is 0. The molecular weight excluding hydrogens is 274 g/mol. The number of hydrogen-bond donors (Lipinski definition) is 1. The van der Waals surface area contributed by atoms with Gasteiger partial charge in [0, 0.05) is 13.1 Å². The third-order valence-corrected chi connectivity index (χ3v) is 3.72. The fraction of sp³-hybridized carbons (Fsp3) is 0.867. The number of methoxy groups -OCH3 is 1. The summed E-state index contributed by atoms with van der Waals surface area (Å²) < 4.78 is 9.93. The molecule has 1 rings (SSSR count). The number of esters is 1. The summed E-state index contributed by atoms with van der Waals surface area (Å²) in [6, 6.07) is 0. The summed E-state index contributed by atoms with van der Waals surface area (Å²) in [6.45, 7) is 8.53. The van der Waals surface area contributed by atoms with Gasteiger partial charge < -0.3 is 19.5 Å². The molecule has 0 aliphatic carbocycles. The highest BCUT2D eigenvalue weighted by Crippen LogP contribution is 2.28. The molecule has 21 heavy (non-hydrogen) atoms. The minimum atomic E-state index is -0.728. The number of likely N-dealkylation sites (tertiary alicyclic amines) is 1. The molecule has 0 spiro atoms. The number of aliphatic hydroxyl groups is 1. The average Bonchev–Trinajstić information content (AvgIpc) is 2.36. The minimum absolute atomic E-state index is 0.00204. The lowest BCUT2D eigenvalue weighted by Crippen LogP contribution is -2.47. The maximum atomic E-state index is 12.0. The first-order chi connectivity index (χ1) is 9.64. The second-order valence-electron chi connectivity index (χ2n) is 6.70.